The zero-order valence-corrected chi connectivity index (χ0v) is 14.3. The number of halogens is 1. The van der Waals surface area contributed by atoms with Gasteiger partial charge in [0.15, 0.2) is 6.10 Å². The first-order chi connectivity index (χ1) is 11.0. The van der Waals surface area contributed by atoms with E-state index in [9.17, 15) is 9.59 Å². The fraction of sp³-hybridized carbons (Fsp3) is 0.176. The minimum atomic E-state index is -0.913. The molecule has 1 N–H and O–H groups in total. The Morgan fingerprint density at radius 1 is 1.13 bits per heavy atom. The van der Waals surface area contributed by atoms with Gasteiger partial charge in [-0.2, -0.15) is 0 Å². The monoisotopic (exact) mass is 377 g/mol. The Balaban J connectivity index is 1.95. The van der Waals surface area contributed by atoms with Crippen LogP contribution < -0.4 is 10.1 Å². The Labute approximate surface area is 142 Å². The Hall–Kier alpha value is -2.34. The number of methoxy groups -OCH3 is 1. The van der Waals surface area contributed by atoms with Gasteiger partial charge < -0.3 is 14.8 Å². The van der Waals surface area contributed by atoms with Gasteiger partial charge in [-0.1, -0.05) is 22.0 Å². The quantitative estimate of drug-likeness (QED) is 0.807. The Morgan fingerprint density at radius 2 is 1.83 bits per heavy atom. The van der Waals surface area contributed by atoms with Gasteiger partial charge in [0.05, 0.1) is 12.7 Å². The van der Waals surface area contributed by atoms with Gasteiger partial charge in [0.25, 0.3) is 5.91 Å². The zero-order chi connectivity index (χ0) is 16.8. The summed E-state index contributed by atoms with van der Waals surface area (Å²) in [5.41, 5.74) is 0.977. The summed E-state index contributed by atoms with van der Waals surface area (Å²) in [6, 6.07) is 13.7. The fourth-order valence-electron chi connectivity index (χ4n) is 1.82. The number of ether oxygens (including phenoxy) is 2. The second-order valence-electron chi connectivity index (χ2n) is 4.78. The van der Waals surface area contributed by atoms with E-state index >= 15 is 0 Å². The van der Waals surface area contributed by atoms with E-state index in [2.05, 4.69) is 21.2 Å². The van der Waals surface area contributed by atoms with Crippen LogP contribution in [0.4, 0.5) is 5.69 Å². The van der Waals surface area contributed by atoms with Crippen molar-refractivity contribution in [2.75, 3.05) is 12.4 Å². The summed E-state index contributed by atoms with van der Waals surface area (Å²) < 4.78 is 11.0. The topological polar surface area (TPSA) is 64.6 Å². The van der Waals surface area contributed by atoms with E-state index < -0.39 is 18.0 Å². The lowest BCUT2D eigenvalue weighted by Gasteiger charge is -2.14. The summed E-state index contributed by atoms with van der Waals surface area (Å²) in [4.78, 5) is 24.1. The minimum Gasteiger partial charge on any atom is -0.497 e. The lowest BCUT2D eigenvalue weighted by atomic mass is 10.2. The van der Waals surface area contributed by atoms with Gasteiger partial charge >= 0.3 is 5.97 Å². The second-order valence-corrected chi connectivity index (χ2v) is 5.69. The zero-order valence-electron chi connectivity index (χ0n) is 12.7. The van der Waals surface area contributed by atoms with Gasteiger partial charge in [-0.15, -0.1) is 0 Å². The van der Waals surface area contributed by atoms with Crippen LogP contribution in [0.2, 0.25) is 0 Å². The largest absolute Gasteiger partial charge is 0.497 e. The molecule has 0 heterocycles. The maximum Gasteiger partial charge on any atom is 0.338 e. The highest BCUT2D eigenvalue weighted by molar-refractivity contribution is 9.10. The molecule has 23 heavy (non-hydrogen) atoms. The number of nitrogens with one attached hydrogen (secondary N) is 1. The van der Waals surface area contributed by atoms with E-state index in [-0.39, 0.29) is 0 Å². The van der Waals surface area contributed by atoms with E-state index in [0.717, 1.165) is 4.47 Å². The lowest BCUT2D eigenvalue weighted by Crippen LogP contribution is -2.30. The first-order valence-electron chi connectivity index (χ1n) is 6.91. The Bertz CT molecular complexity index is 700. The molecule has 0 aliphatic rings. The number of rotatable bonds is 5. The number of hydrogen-bond donors (Lipinski definition) is 1. The molecule has 0 saturated heterocycles. The number of esters is 1. The van der Waals surface area contributed by atoms with Crippen LogP contribution in [0.5, 0.6) is 5.75 Å². The lowest BCUT2D eigenvalue weighted by molar-refractivity contribution is -0.123. The summed E-state index contributed by atoms with van der Waals surface area (Å²) in [6.45, 7) is 1.52. The van der Waals surface area contributed by atoms with Crippen molar-refractivity contribution in [1.29, 1.82) is 0 Å². The molecule has 0 aliphatic carbocycles. The molecule has 0 aliphatic heterocycles. The molecule has 2 aromatic carbocycles. The molecule has 0 bridgehead atoms. The third kappa shape index (κ3) is 4.82. The van der Waals surface area contributed by atoms with Crippen LogP contribution in [0.1, 0.15) is 17.3 Å². The molecule has 120 valence electrons. The number of carbonyl (C=O) groups is 2. The number of anilines is 1. The molecule has 5 nitrogen and oxygen atoms in total. The number of hydrogen-bond acceptors (Lipinski definition) is 4. The van der Waals surface area contributed by atoms with Gasteiger partial charge in [0.1, 0.15) is 5.75 Å². The minimum absolute atomic E-state index is 0.378. The van der Waals surface area contributed by atoms with Crippen LogP contribution in [0.25, 0.3) is 0 Å². The highest BCUT2D eigenvalue weighted by atomic mass is 79.9. The molecular weight excluding hydrogens is 362 g/mol. The van der Waals surface area contributed by atoms with Crippen molar-refractivity contribution < 1.29 is 19.1 Å². The summed E-state index contributed by atoms with van der Waals surface area (Å²) in [5.74, 6) is -0.265. The predicted molar refractivity (Wildman–Crippen MR) is 90.6 cm³/mol. The van der Waals surface area contributed by atoms with Crippen molar-refractivity contribution in [3.05, 3.63) is 58.6 Å². The van der Waals surface area contributed by atoms with E-state index in [4.69, 9.17) is 9.47 Å². The van der Waals surface area contributed by atoms with Crippen molar-refractivity contribution in [3.8, 4) is 5.75 Å². The summed E-state index contributed by atoms with van der Waals surface area (Å²) in [5, 5.41) is 2.68. The molecule has 1 atom stereocenters. The van der Waals surface area contributed by atoms with Crippen LogP contribution in [-0.4, -0.2) is 25.1 Å². The molecule has 2 rings (SSSR count). The van der Waals surface area contributed by atoms with E-state index in [0.29, 0.717) is 17.0 Å². The molecule has 0 unspecified atom stereocenters. The van der Waals surface area contributed by atoms with Crippen LogP contribution in [0, 0.1) is 0 Å². The molecule has 0 saturated carbocycles. The van der Waals surface area contributed by atoms with Gasteiger partial charge in [-0.05, 0) is 49.4 Å². The van der Waals surface area contributed by atoms with Crippen LogP contribution >= 0.6 is 15.9 Å². The van der Waals surface area contributed by atoms with Crippen molar-refractivity contribution in [2.24, 2.45) is 0 Å². The summed E-state index contributed by atoms with van der Waals surface area (Å²) in [7, 11) is 1.57. The van der Waals surface area contributed by atoms with Crippen molar-refractivity contribution >= 4 is 33.5 Å². The second kappa shape index (κ2) is 7.78. The highest BCUT2D eigenvalue weighted by Gasteiger charge is 2.19. The van der Waals surface area contributed by atoms with Gasteiger partial charge in [-0.25, -0.2) is 4.79 Å². The Kier molecular flexibility index (Phi) is 5.76. The van der Waals surface area contributed by atoms with Crippen LogP contribution in [0.15, 0.2) is 53.0 Å². The summed E-state index contributed by atoms with van der Waals surface area (Å²) >= 11 is 3.28. The predicted octanol–water partition coefficient (Wildman–Crippen LogP) is 3.64. The molecule has 1 amide bonds. The molecule has 0 aromatic heterocycles. The van der Waals surface area contributed by atoms with Gasteiger partial charge in [-0.3, -0.25) is 4.79 Å². The molecule has 0 spiro atoms. The molecule has 2 aromatic rings. The molecule has 0 radical (unpaired) electrons. The summed E-state index contributed by atoms with van der Waals surface area (Å²) in [6.07, 6.45) is -0.913. The third-order valence-corrected chi connectivity index (χ3v) is 3.56. The van der Waals surface area contributed by atoms with Crippen LogP contribution in [-0.2, 0) is 9.53 Å². The first kappa shape index (κ1) is 17.0. The van der Waals surface area contributed by atoms with Gasteiger partial charge in [0.2, 0.25) is 0 Å². The molecule has 0 fully saturated rings. The number of amides is 1. The van der Waals surface area contributed by atoms with Crippen molar-refractivity contribution in [3.63, 3.8) is 0 Å². The average Bonchev–Trinajstić information content (AvgIpc) is 2.55. The van der Waals surface area contributed by atoms with E-state index in [1.54, 1.807) is 55.6 Å². The average molecular weight is 378 g/mol. The number of carbonyl (C=O) groups excluding carboxylic acids is 2. The normalized spacial score (nSPS) is 11.4. The maximum atomic E-state index is 12.1. The molecule has 6 heteroatoms. The van der Waals surface area contributed by atoms with Crippen LogP contribution in [0.3, 0.4) is 0 Å². The van der Waals surface area contributed by atoms with Crippen molar-refractivity contribution in [2.45, 2.75) is 13.0 Å². The number of benzene rings is 2. The SMILES string of the molecule is COc1ccc(NC(=O)[C@H](C)OC(=O)c2cccc(Br)c2)cc1. The maximum absolute atomic E-state index is 12.1. The smallest absolute Gasteiger partial charge is 0.338 e. The Morgan fingerprint density at radius 3 is 2.43 bits per heavy atom. The molecular formula is C17H16BrNO4. The van der Waals surface area contributed by atoms with Gasteiger partial charge in [0, 0.05) is 10.2 Å². The van der Waals surface area contributed by atoms with Crippen molar-refractivity contribution in [1.82, 2.24) is 0 Å². The third-order valence-electron chi connectivity index (χ3n) is 3.07. The highest BCUT2D eigenvalue weighted by Crippen LogP contribution is 2.16. The first-order valence-corrected chi connectivity index (χ1v) is 7.70. The van der Waals surface area contributed by atoms with E-state index in [1.807, 2.05) is 0 Å². The standard InChI is InChI=1S/C17H16BrNO4/c1-11(23-17(21)12-4-3-5-13(18)10-12)16(20)19-14-6-8-15(22-2)9-7-14/h3-11H,1-2H3,(H,19,20)/t11-/m0/s1. The fourth-order valence-corrected chi connectivity index (χ4v) is 2.22. The van der Waals surface area contributed by atoms with E-state index in [1.165, 1.54) is 6.92 Å².